The highest BCUT2D eigenvalue weighted by atomic mass is 16.5. The van der Waals surface area contributed by atoms with E-state index in [1.165, 1.54) is 25.9 Å². The monoisotopic (exact) mass is 186 g/mol. The molecule has 3 nitrogen and oxygen atoms in total. The summed E-state index contributed by atoms with van der Waals surface area (Å²) < 4.78 is 5.08. The van der Waals surface area contributed by atoms with Gasteiger partial charge in [0.1, 0.15) is 0 Å². The van der Waals surface area contributed by atoms with Crippen molar-refractivity contribution in [2.75, 3.05) is 39.9 Å². The molecule has 1 aliphatic heterocycles. The number of nitrogens with zero attached hydrogens (tertiary/aromatic N) is 1. The van der Waals surface area contributed by atoms with Crippen LogP contribution in [0.2, 0.25) is 0 Å². The molecule has 1 heterocycles. The lowest BCUT2D eigenvalue weighted by Crippen LogP contribution is -2.31. The van der Waals surface area contributed by atoms with Crippen molar-refractivity contribution in [3.63, 3.8) is 0 Å². The molecule has 1 unspecified atom stereocenters. The van der Waals surface area contributed by atoms with Gasteiger partial charge in [0.15, 0.2) is 0 Å². The highest BCUT2D eigenvalue weighted by molar-refractivity contribution is 4.73. The number of rotatable bonds is 4. The third-order valence-corrected chi connectivity index (χ3v) is 2.76. The highest BCUT2D eigenvalue weighted by Crippen LogP contribution is 2.03. The molecule has 0 spiro atoms. The lowest BCUT2D eigenvalue weighted by atomic mass is 10.1. The van der Waals surface area contributed by atoms with Crippen LogP contribution in [-0.2, 0) is 4.74 Å². The van der Waals surface area contributed by atoms with Crippen molar-refractivity contribution >= 4 is 0 Å². The fraction of sp³-hybridized carbons (Fsp3) is 1.00. The van der Waals surface area contributed by atoms with E-state index in [0.29, 0.717) is 0 Å². The van der Waals surface area contributed by atoms with E-state index in [-0.39, 0.29) is 0 Å². The van der Waals surface area contributed by atoms with E-state index in [0.717, 1.165) is 25.7 Å². The first kappa shape index (κ1) is 11.0. The average molecular weight is 186 g/mol. The molecule has 0 radical (unpaired) electrons. The summed E-state index contributed by atoms with van der Waals surface area (Å²) in [5.41, 5.74) is 0. The largest absolute Gasteiger partial charge is 0.383 e. The fourth-order valence-corrected chi connectivity index (χ4v) is 1.77. The molecule has 0 aliphatic carbocycles. The first-order chi connectivity index (χ1) is 6.36. The molecule has 0 bridgehead atoms. The Labute approximate surface area is 81.4 Å². The zero-order chi connectivity index (χ0) is 9.52. The maximum atomic E-state index is 5.08. The highest BCUT2D eigenvalue weighted by Gasteiger charge is 2.13. The van der Waals surface area contributed by atoms with Crippen molar-refractivity contribution < 1.29 is 4.74 Å². The second kappa shape index (κ2) is 6.35. The van der Waals surface area contributed by atoms with Crippen LogP contribution in [0.1, 0.15) is 19.8 Å². The van der Waals surface area contributed by atoms with Gasteiger partial charge < -0.3 is 10.1 Å². The topological polar surface area (TPSA) is 24.5 Å². The fourth-order valence-electron chi connectivity index (χ4n) is 1.77. The Morgan fingerprint density at radius 3 is 3.00 bits per heavy atom. The number of ether oxygens (including phenoxy) is 1. The smallest absolute Gasteiger partial charge is 0.0589 e. The molecule has 13 heavy (non-hydrogen) atoms. The van der Waals surface area contributed by atoms with Crippen LogP contribution in [0.4, 0.5) is 0 Å². The van der Waals surface area contributed by atoms with Crippen LogP contribution in [0.5, 0.6) is 0 Å². The van der Waals surface area contributed by atoms with E-state index in [9.17, 15) is 0 Å². The Kier molecular flexibility index (Phi) is 5.35. The number of hydrogen-bond donors (Lipinski definition) is 1. The van der Waals surface area contributed by atoms with E-state index >= 15 is 0 Å². The first-order valence-electron chi connectivity index (χ1n) is 5.31. The maximum absolute atomic E-state index is 5.08. The molecular weight excluding hydrogens is 164 g/mol. The van der Waals surface area contributed by atoms with Crippen LogP contribution in [0.25, 0.3) is 0 Å². The Bertz CT molecular complexity index is 130. The third kappa shape index (κ3) is 4.07. The molecule has 78 valence electrons. The molecule has 1 rings (SSSR count). The summed E-state index contributed by atoms with van der Waals surface area (Å²) in [7, 11) is 1.77. The quantitative estimate of drug-likeness (QED) is 0.699. The first-order valence-corrected chi connectivity index (χ1v) is 5.31. The Hall–Kier alpha value is -0.120. The number of nitrogens with one attached hydrogen (secondary N) is 1. The zero-order valence-electron chi connectivity index (χ0n) is 8.88. The predicted molar refractivity (Wildman–Crippen MR) is 55.0 cm³/mol. The van der Waals surface area contributed by atoms with Gasteiger partial charge in [-0.15, -0.1) is 0 Å². The Morgan fingerprint density at radius 2 is 2.31 bits per heavy atom. The Morgan fingerprint density at radius 1 is 1.46 bits per heavy atom. The summed E-state index contributed by atoms with van der Waals surface area (Å²) in [6.07, 6.45) is 2.53. The molecule has 1 N–H and O–H groups in total. The Balaban J connectivity index is 2.19. The van der Waals surface area contributed by atoms with Gasteiger partial charge in [0.25, 0.3) is 0 Å². The minimum Gasteiger partial charge on any atom is -0.383 e. The summed E-state index contributed by atoms with van der Waals surface area (Å²) in [6, 6.07) is 0.729. The molecule has 3 heteroatoms. The van der Waals surface area contributed by atoms with Gasteiger partial charge in [-0.3, -0.25) is 4.90 Å². The predicted octanol–water partition coefficient (Wildman–Crippen LogP) is 0.707. The second-order valence-electron chi connectivity index (χ2n) is 3.68. The van der Waals surface area contributed by atoms with Crippen molar-refractivity contribution in [3.05, 3.63) is 0 Å². The summed E-state index contributed by atoms with van der Waals surface area (Å²) in [4.78, 5) is 2.48. The zero-order valence-corrected chi connectivity index (χ0v) is 8.88. The van der Waals surface area contributed by atoms with E-state index < -0.39 is 0 Å². The molecule has 1 fully saturated rings. The van der Waals surface area contributed by atoms with Crippen LogP contribution < -0.4 is 5.32 Å². The van der Waals surface area contributed by atoms with Crippen LogP contribution in [0, 0.1) is 0 Å². The van der Waals surface area contributed by atoms with Gasteiger partial charge in [0.05, 0.1) is 6.61 Å². The number of methoxy groups -OCH3 is 1. The average Bonchev–Trinajstić information content (AvgIpc) is 2.39. The van der Waals surface area contributed by atoms with Crippen molar-refractivity contribution in [1.82, 2.24) is 10.2 Å². The maximum Gasteiger partial charge on any atom is 0.0589 e. The van der Waals surface area contributed by atoms with Crippen molar-refractivity contribution in [3.8, 4) is 0 Å². The summed E-state index contributed by atoms with van der Waals surface area (Å²) in [6.45, 7) is 7.70. The standard InChI is InChI=1S/C10H22N2O/c1-3-10-4-6-12(7-5-11-10)8-9-13-2/h10-11H,3-9H2,1-2H3. The van der Waals surface area contributed by atoms with E-state index in [4.69, 9.17) is 4.74 Å². The lowest BCUT2D eigenvalue weighted by molar-refractivity contribution is 0.151. The summed E-state index contributed by atoms with van der Waals surface area (Å²) in [5.74, 6) is 0. The van der Waals surface area contributed by atoms with Crippen LogP contribution >= 0.6 is 0 Å². The van der Waals surface area contributed by atoms with E-state index in [2.05, 4.69) is 17.1 Å². The molecule has 0 aromatic carbocycles. The molecule has 0 aromatic rings. The van der Waals surface area contributed by atoms with Crippen LogP contribution in [0.3, 0.4) is 0 Å². The number of hydrogen-bond acceptors (Lipinski definition) is 3. The second-order valence-corrected chi connectivity index (χ2v) is 3.68. The van der Waals surface area contributed by atoms with Gasteiger partial charge in [-0.1, -0.05) is 6.92 Å². The van der Waals surface area contributed by atoms with Gasteiger partial charge in [-0.2, -0.15) is 0 Å². The van der Waals surface area contributed by atoms with E-state index in [1.54, 1.807) is 7.11 Å². The normalized spacial score (nSPS) is 25.8. The molecular formula is C10H22N2O. The van der Waals surface area contributed by atoms with Crippen LogP contribution in [0.15, 0.2) is 0 Å². The minimum atomic E-state index is 0.729. The van der Waals surface area contributed by atoms with Gasteiger partial charge in [-0.05, 0) is 19.4 Å². The van der Waals surface area contributed by atoms with Gasteiger partial charge in [0, 0.05) is 32.8 Å². The molecule has 0 aromatic heterocycles. The molecule has 0 amide bonds. The molecule has 1 aliphatic rings. The molecule has 0 saturated carbocycles. The summed E-state index contributed by atoms with van der Waals surface area (Å²) >= 11 is 0. The van der Waals surface area contributed by atoms with Crippen molar-refractivity contribution in [2.45, 2.75) is 25.8 Å². The third-order valence-electron chi connectivity index (χ3n) is 2.76. The molecule has 1 atom stereocenters. The minimum absolute atomic E-state index is 0.729. The van der Waals surface area contributed by atoms with Gasteiger partial charge in [0.2, 0.25) is 0 Å². The van der Waals surface area contributed by atoms with Crippen LogP contribution in [-0.4, -0.2) is 50.8 Å². The summed E-state index contributed by atoms with van der Waals surface area (Å²) in [5, 5.41) is 3.56. The van der Waals surface area contributed by atoms with Gasteiger partial charge >= 0.3 is 0 Å². The lowest BCUT2D eigenvalue weighted by Gasteiger charge is -2.18. The van der Waals surface area contributed by atoms with E-state index in [1.807, 2.05) is 0 Å². The molecule has 1 saturated heterocycles. The van der Waals surface area contributed by atoms with Gasteiger partial charge in [-0.25, -0.2) is 0 Å². The van der Waals surface area contributed by atoms with Crippen molar-refractivity contribution in [2.24, 2.45) is 0 Å². The SMILES string of the molecule is CCC1CCN(CCOC)CCN1. The van der Waals surface area contributed by atoms with Crippen molar-refractivity contribution in [1.29, 1.82) is 0 Å².